The number of carbonyl (C=O) groups is 1. The number of ether oxygens (including phenoxy) is 2. The minimum Gasteiger partial charge on any atom is -0.493 e. The summed E-state index contributed by atoms with van der Waals surface area (Å²) in [6.07, 6.45) is 3.16. The molecule has 0 atom stereocenters. The normalized spacial score (nSPS) is 11.0. The smallest absolute Gasteiger partial charge is 0.335 e. The average molecular weight is 665 g/mol. The van der Waals surface area contributed by atoms with E-state index in [-0.39, 0.29) is 0 Å². The molecule has 6 rings (SSSR count). The fraction of sp³-hybridized carbons (Fsp3) is 0.0930. The minimum absolute atomic E-state index is 0.487. The summed E-state index contributed by atoms with van der Waals surface area (Å²) < 4.78 is 12.8. The second-order valence-corrected chi connectivity index (χ2v) is 15.5. The number of rotatable bonds is 13. The molecule has 6 aromatic carbocycles. The first-order valence-electron chi connectivity index (χ1n) is 16.2. The van der Waals surface area contributed by atoms with Gasteiger partial charge in [0.25, 0.3) is 0 Å². The van der Waals surface area contributed by atoms with Crippen LogP contribution in [-0.2, 0) is 4.79 Å². The first-order valence-corrected chi connectivity index (χ1v) is 18.9. The predicted molar refractivity (Wildman–Crippen MR) is 206 cm³/mol. The zero-order valence-electron chi connectivity index (χ0n) is 27.0. The van der Waals surface area contributed by atoms with Gasteiger partial charge in [0, 0.05) is 17.2 Å². The predicted octanol–water partition coefficient (Wildman–Crippen LogP) is 8.14. The van der Waals surface area contributed by atoms with Crippen LogP contribution >= 0.6 is 15.8 Å². The molecule has 0 N–H and O–H groups in total. The molecular formula is C43H38O3P2. The maximum absolute atomic E-state index is 13.0. The lowest BCUT2D eigenvalue weighted by Crippen LogP contribution is -2.27. The lowest BCUT2D eigenvalue weighted by molar-refractivity contribution is -0.128. The molecule has 0 spiro atoms. The van der Waals surface area contributed by atoms with Crippen LogP contribution in [0.4, 0.5) is 0 Å². The second kappa shape index (κ2) is 16.3. The highest BCUT2D eigenvalue weighted by atomic mass is 31.1. The fourth-order valence-electron chi connectivity index (χ4n) is 5.76. The van der Waals surface area contributed by atoms with E-state index in [9.17, 15) is 4.79 Å². The van der Waals surface area contributed by atoms with Crippen LogP contribution in [0.3, 0.4) is 0 Å². The van der Waals surface area contributed by atoms with Crippen molar-refractivity contribution in [3.05, 3.63) is 170 Å². The maximum atomic E-state index is 13.0. The highest BCUT2D eigenvalue weighted by Crippen LogP contribution is 2.47. The highest BCUT2D eigenvalue weighted by Gasteiger charge is 2.30. The van der Waals surface area contributed by atoms with Crippen molar-refractivity contribution in [2.45, 2.75) is 19.8 Å². The van der Waals surface area contributed by atoms with Gasteiger partial charge >= 0.3 is 5.97 Å². The molecule has 0 amide bonds. The van der Waals surface area contributed by atoms with Crippen LogP contribution in [0.5, 0.6) is 11.5 Å². The molecule has 0 heterocycles. The van der Waals surface area contributed by atoms with E-state index in [1.807, 2.05) is 24.3 Å². The van der Waals surface area contributed by atoms with E-state index < -0.39 is 21.8 Å². The van der Waals surface area contributed by atoms with Crippen LogP contribution in [0.1, 0.15) is 19.8 Å². The Balaban J connectivity index is 1.72. The van der Waals surface area contributed by atoms with Crippen LogP contribution in [0.25, 0.3) is 11.1 Å². The molecule has 0 fully saturated rings. The van der Waals surface area contributed by atoms with E-state index in [1.165, 1.54) is 27.3 Å². The first kappa shape index (κ1) is 33.1. The van der Waals surface area contributed by atoms with Crippen LogP contribution in [0, 0.1) is 0 Å². The van der Waals surface area contributed by atoms with Crippen molar-refractivity contribution in [1.29, 1.82) is 0 Å². The summed E-state index contributed by atoms with van der Waals surface area (Å²) in [5.74, 6) is 0.761. The maximum Gasteiger partial charge on any atom is 0.335 e. The zero-order chi connectivity index (χ0) is 33.1. The molecule has 6 aromatic rings. The van der Waals surface area contributed by atoms with Gasteiger partial charge in [0.05, 0.1) is 6.61 Å². The molecule has 0 aliphatic carbocycles. The zero-order valence-corrected chi connectivity index (χ0v) is 28.8. The lowest BCUT2D eigenvalue weighted by atomic mass is 10.0. The number of carbonyl (C=O) groups excluding carboxylic acids is 1. The molecule has 0 aromatic heterocycles. The fourth-order valence-corrected chi connectivity index (χ4v) is 10.7. The molecule has 0 aliphatic rings. The molecule has 0 saturated heterocycles. The van der Waals surface area contributed by atoms with Crippen molar-refractivity contribution in [3.8, 4) is 22.6 Å². The lowest BCUT2D eigenvalue weighted by Gasteiger charge is -2.28. The van der Waals surface area contributed by atoms with Crippen molar-refractivity contribution in [2.75, 3.05) is 6.61 Å². The Hall–Kier alpha value is -4.81. The van der Waals surface area contributed by atoms with Gasteiger partial charge in [0.15, 0.2) is 0 Å². The summed E-state index contributed by atoms with van der Waals surface area (Å²) in [6, 6.07) is 55.0. The van der Waals surface area contributed by atoms with Crippen LogP contribution in [-0.4, -0.2) is 12.6 Å². The van der Waals surface area contributed by atoms with E-state index in [0.717, 1.165) is 40.3 Å². The molecule has 0 radical (unpaired) electrons. The first-order chi connectivity index (χ1) is 23.7. The van der Waals surface area contributed by atoms with Gasteiger partial charge < -0.3 is 9.47 Å². The van der Waals surface area contributed by atoms with Gasteiger partial charge in [-0.15, -0.1) is 0 Å². The summed E-state index contributed by atoms with van der Waals surface area (Å²) in [5, 5.41) is 7.07. The van der Waals surface area contributed by atoms with E-state index in [4.69, 9.17) is 9.47 Å². The summed E-state index contributed by atoms with van der Waals surface area (Å²) in [4.78, 5) is 13.0. The largest absolute Gasteiger partial charge is 0.493 e. The molecule has 0 unspecified atom stereocenters. The molecule has 5 heteroatoms. The quantitative estimate of drug-likeness (QED) is 0.0411. The third-order valence-electron chi connectivity index (χ3n) is 7.93. The number of unbranched alkanes of at least 4 members (excludes halogenated alkanes) is 1. The Morgan fingerprint density at radius 2 is 0.958 bits per heavy atom. The van der Waals surface area contributed by atoms with Crippen molar-refractivity contribution in [1.82, 2.24) is 0 Å². The van der Waals surface area contributed by atoms with Crippen molar-refractivity contribution < 1.29 is 14.3 Å². The third kappa shape index (κ3) is 7.50. The van der Waals surface area contributed by atoms with E-state index in [1.54, 1.807) is 0 Å². The van der Waals surface area contributed by atoms with Crippen LogP contribution < -0.4 is 41.3 Å². The average Bonchev–Trinajstić information content (AvgIpc) is 3.14. The molecule has 3 nitrogen and oxygen atoms in total. The molecule has 238 valence electrons. The van der Waals surface area contributed by atoms with Gasteiger partial charge in [-0.3, -0.25) is 0 Å². The molecule has 48 heavy (non-hydrogen) atoms. The highest BCUT2D eigenvalue weighted by molar-refractivity contribution is 7.80. The van der Waals surface area contributed by atoms with Gasteiger partial charge in [0.2, 0.25) is 0 Å². The summed E-state index contributed by atoms with van der Waals surface area (Å²) in [7, 11) is -2.11. The van der Waals surface area contributed by atoms with Gasteiger partial charge in [-0.05, 0) is 66.2 Å². The molecule has 0 saturated carbocycles. The van der Waals surface area contributed by atoms with Gasteiger partial charge in [-0.25, -0.2) is 4.79 Å². The minimum atomic E-state index is -1.07. The summed E-state index contributed by atoms with van der Waals surface area (Å²) in [5.41, 5.74) is 1.82. The molecular weight excluding hydrogens is 626 g/mol. The number of esters is 1. The van der Waals surface area contributed by atoms with Crippen LogP contribution in [0.15, 0.2) is 170 Å². The molecule has 0 aliphatic heterocycles. The van der Waals surface area contributed by atoms with E-state index in [2.05, 4.69) is 147 Å². The second-order valence-electron chi connectivity index (χ2n) is 11.1. The summed E-state index contributed by atoms with van der Waals surface area (Å²) in [6.45, 7) is 6.46. The van der Waals surface area contributed by atoms with Crippen molar-refractivity contribution in [2.24, 2.45) is 0 Å². The Morgan fingerprint density at radius 1 is 0.562 bits per heavy atom. The Bertz CT molecular complexity index is 1870. The SMILES string of the molecule is C=CC(=O)Oc1cccc(P(c2ccccc2)c2ccccc2)c1-c1c(OCCCC)cccc1P(c1ccccc1)c1ccccc1. The Labute approximate surface area is 286 Å². The van der Waals surface area contributed by atoms with Gasteiger partial charge in [-0.1, -0.05) is 166 Å². The van der Waals surface area contributed by atoms with E-state index in [0.29, 0.717) is 12.4 Å². The third-order valence-corrected chi connectivity index (χ3v) is 12.9. The van der Waals surface area contributed by atoms with Crippen molar-refractivity contribution >= 4 is 53.6 Å². The Morgan fingerprint density at radius 3 is 1.35 bits per heavy atom. The monoisotopic (exact) mass is 664 g/mol. The number of hydrogen-bond donors (Lipinski definition) is 0. The summed E-state index contributed by atoms with van der Waals surface area (Å²) >= 11 is 0. The standard InChI is InChI=1S/C43H38O3P2/c1-3-5-32-45-37-28-18-30-39(47(33-20-10-6-11-21-33)34-22-12-7-13-23-34)42(37)43-38(46-41(44)4-2)29-19-31-40(43)48(35-24-14-8-15-25-35)36-26-16-9-17-27-36/h4,6-31H,2-3,5,32H2,1H3. The number of hydrogen-bond acceptors (Lipinski definition) is 3. The van der Waals surface area contributed by atoms with Gasteiger partial charge in [-0.2, -0.15) is 0 Å². The van der Waals surface area contributed by atoms with E-state index >= 15 is 0 Å². The number of benzene rings is 6. The topological polar surface area (TPSA) is 35.5 Å². The Kier molecular flexibility index (Phi) is 11.3. The van der Waals surface area contributed by atoms with Gasteiger partial charge in [0.1, 0.15) is 11.5 Å². The van der Waals surface area contributed by atoms with Crippen LogP contribution in [0.2, 0.25) is 0 Å². The molecule has 0 bridgehead atoms. The van der Waals surface area contributed by atoms with Crippen molar-refractivity contribution in [3.63, 3.8) is 0 Å².